The summed E-state index contributed by atoms with van der Waals surface area (Å²) in [5.41, 5.74) is 2.42. The average molecular weight is 402 g/mol. The summed E-state index contributed by atoms with van der Waals surface area (Å²) in [5, 5.41) is 2.78. The molecule has 1 saturated heterocycles. The van der Waals surface area contributed by atoms with Crippen molar-refractivity contribution >= 4 is 33.3 Å². The quantitative estimate of drug-likeness (QED) is 0.794. The number of sulfonamides is 1. The number of nitrogens with one attached hydrogen (secondary N) is 1. The Hall–Kier alpha value is -2.87. The van der Waals surface area contributed by atoms with Gasteiger partial charge in [-0.15, -0.1) is 0 Å². The van der Waals surface area contributed by atoms with Gasteiger partial charge in [0.1, 0.15) is 0 Å². The molecule has 1 N–H and O–H groups in total. The van der Waals surface area contributed by atoms with Crippen LogP contribution in [0.4, 0.5) is 11.4 Å². The van der Waals surface area contributed by atoms with Crippen molar-refractivity contribution in [2.45, 2.75) is 19.8 Å². The molecular weight excluding hydrogens is 380 g/mol. The molecule has 0 radical (unpaired) electrons. The maximum atomic E-state index is 12.7. The maximum Gasteiger partial charge on any atom is 0.337 e. The molecule has 0 unspecified atom stereocenters. The van der Waals surface area contributed by atoms with Crippen LogP contribution < -0.4 is 9.62 Å². The summed E-state index contributed by atoms with van der Waals surface area (Å²) in [6.45, 7) is 2.22. The van der Waals surface area contributed by atoms with Gasteiger partial charge in [0.15, 0.2) is 0 Å². The highest BCUT2D eigenvalue weighted by Crippen LogP contribution is 2.25. The van der Waals surface area contributed by atoms with Crippen molar-refractivity contribution in [3.05, 3.63) is 59.2 Å². The predicted octanol–water partition coefficient (Wildman–Crippen LogP) is 2.96. The largest absolute Gasteiger partial charge is 0.465 e. The normalized spacial score (nSPS) is 15.7. The van der Waals surface area contributed by atoms with Crippen LogP contribution in [-0.2, 0) is 14.8 Å². The lowest BCUT2D eigenvalue weighted by Crippen LogP contribution is -2.37. The van der Waals surface area contributed by atoms with Gasteiger partial charge in [0.25, 0.3) is 5.91 Å². The van der Waals surface area contributed by atoms with Gasteiger partial charge in [0.2, 0.25) is 10.0 Å². The highest BCUT2D eigenvalue weighted by molar-refractivity contribution is 7.92. The minimum atomic E-state index is -3.35. The van der Waals surface area contributed by atoms with Crippen molar-refractivity contribution in [3.8, 4) is 0 Å². The van der Waals surface area contributed by atoms with Crippen LogP contribution in [0.2, 0.25) is 0 Å². The number of hydrogen-bond acceptors (Lipinski definition) is 5. The van der Waals surface area contributed by atoms with E-state index in [9.17, 15) is 18.0 Å². The number of nitrogens with zero attached hydrogens (tertiary/aromatic N) is 1. The lowest BCUT2D eigenvalue weighted by Gasteiger charge is -2.28. The van der Waals surface area contributed by atoms with Crippen molar-refractivity contribution in [1.82, 2.24) is 0 Å². The van der Waals surface area contributed by atoms with Crippen molar-refractivity contribution in [1.29, 1.82) is 0 Å². The number of methoxy groups -OCH3 is 1. The Labute approximate surface area is 164 Å². The van der Waals surface area contributed by atoms with Crippen LogP contribution in [-0.4, -0.2) is 39.7 Å². The van der Waals surface area contributed by atoms with E-state index in [0.717, 1.165) is 12.0 Å². The molecule has 1 aliphatic rings. The number of esters is 1. The Morgan fingerprint density at radius 2 is 1.86 bits per heavy atom. The van der Waals surface area contributed by atoms with Gasteiger partial charge in [-0.05, 0) is 55.7 Å². The molecule has 0 atom stereocenters. The van der Waals surface area contributed by atoms with Crippen LogP contribution in [0, 0.1) is 6.92 Å². The number of amides is 1. The fourth-order valence-corrected chi connectivity index (χ4v) is 4.71. The van der Waals surface area contributed by atoms with Crippen LogP contribution >= 0.6 is 0 Å². The first-order chi connectivity index (χ1) is 13.3. The number of hydrogen-bond donors (Lipinski definition) is 1. The molecule has 28 heavy (non-hydrogen) atoms. The topological polar surface area (TPSA) is 92.8 Å². The molecule has 7 nitrogen and oxygen atoms in total. The van der Waals surface area contributed by atoms with Crippen LogP contribution in [0.1, 0.15) is 39.1 Å². The summed E-state index contributed by atoms with van der Waals surface area (Å²) >= 11 is 0. The van der Waals surface area contributed by atoms with Crippen molar-refractivity contribution in [2.75, 3.05) is 29.0 Å². The minimum absolute atomic E-state index is 0.114. The van der Waals surface area contributed by atoms with Crippen LogP contribution in [0.15, 0.2) is 42.5 Å². The number of rotatable bonds is 4. The highest BCUT2D eigenvalue weighted by Gasteiger charge is 2.26. The third-order valence-corrected chi connectivity index (χ3v) is 6.52. The summed E-state index contributed by atoms with van der Waals surface area (Å²) in [4.78, 5) is 24.4. The number of carbonyl (C=O) groups is 2. The number of ether oxygens (including phenoxy) is 1. The number of anilines is 2. The van der Waals surface area contributed by atoms with Gasteiger partial charge in [-0.2, -0.15) is 0 Å². The van der Waals surface area contributed by atoms with Gasteiger partial charge < -0.3 is 10.1 Å². The zero-order valence-electron chi connectivity index (χ0n) is 15.8. The molecule has 0 spiro atoms. The molecule has 148 valence electrons. The standard InChI is InChI=1S/C20H22N2O5S/c1-14-8-9-16(20(24)27-2)13-18(14)21-19(23)15-6-5-7-17(12-15)22-10-3-4-11-28(22,25)26/h5-9,12-13H,3-4,10-11H2,1-2H3,(H,21,23). The lowest BCUT2D eigenvalue weighted by atomic mass is 10.1. The second-order valence-electron chi connectivity index (χ2n) is 6.62. The molecule has 8 heteroatoms. The zero-order valence-corrected chi connectivity index (χ0v) is 16.6. The van der Waals surface area contributed by atoms with Crippen molar-refractivity contribution in [3.63, 3.8) is 0 Å². The fraction of sp³-hybridized carbons (Fsp3) is 0.300. The second-order valence-corrected chi connectivity index (χ2v) is 8.63. The van der Waals surface area contributed by atoms with Crippen molar-refractivity contribution in [2.24, 2.45) is 0 Å². The SMILES string of the molecule is COC(=O)c1ccc(C)c(NC(=O)c2cccc(N3CCCCS3(=O)=O)c2)c1. The van der Waals surface area contributed by atoms with Crippen LogP contribution in [0.5, 0.6) is 0 Å². The Morgan fingerprint density at radius 3 is 2.57 bits per heavy atom. The molecule has 2 aromatic rings. The predicted molar refractivity (Wildman–Crippen MR) is 107 cm³/mol. The first-order valence-electron chi connectivity index (χ1n) is 8.92. The molecule has 1 fully saturated rings. The molecule has 0 bridgehead atoms. The molecule has 0 saturated carbocycles. The number of aryl methyl sites for hydroxylation is 1. The van der Waals surface area contributed by atoms with E-state index in [2.05, 4.69) is 5.32 Å². The molecule has 1 heterocycles. The van der Waals surface area contributed by atoms with Gasteiger partial charge in [0, 0.05) is 17.8 Å². The van der Waals surface area contributed by atoms with E-state index in [1.807, 2.05) is 6.92 Å². The van der Waals surface area contributed by atoms with Gasteiger partial charge >= 0.3 is 5.97 Å². The summed E-state index contributed by atoms with van der Waals surface area (Å²) in [6, 6.07) is 11.4. The summed E-state index contributed by atoms with van der Waals surface area (Å²) in [5.74, 6) is -0.766. The van der Waals surface area contributed by atoms with E-state index in [0.29, 0.717) is 35.5 Å². The Morgan fingerprint density at radius 1 is 1.07 bits per heavy atom. The maximum absolute atomic E-state index is 12.7. The molecule has 3 rings (SSSR count). The average Bonchev–Trinajstić information content (AvgIpc) is 2.68. The zero-order chi connectivity index (χ0) is 20.3. The van der Waals surface area contributed by atoms with Gasteiger partial charge in [-0.1, -0.05) is 12.1 Å². The van der Waals surface area contributed by atoms with Crippen LogP contribution in [0.3, 0.4) is 0 Å². The second kappa shape index (κ2) is 8.02. The first kappa shape index (κ1) is 19.9. The summed E-state index contributed by atoms with van der Waals surface area (Å²) in [7, 11) is -2.06. The molecule has 0 aliphatic carbocycles. The Kier molecular flexibility index (Phi) is 5.69. The monoisotopic (exact) mass is 402 g/mol. The molecule has 0 aromatic heterocycles. The Bertz CT molecular complexity index is 1020. The smallest absolute Gasteiger partial charge is 0.337 e. The van der Waals surface area contributed by atoms with E-state index >= 15 is 0 Å². The molecule has 2 aromatic carbocycles. The van der Waals surface area contributed by atoms with E-state index in [4.69, 9.17) is 4.74 Å². The van der Waals surface area contributed by atoms with E-state index < -0.39 is 16.0 Å². The van der Waals surface area contributed by atoms with E-state index in [-0.39, 0.29) is 11.7 Å². The number of carbonyl (C=O) groups excluding carboxylic acids is 2. The molecule has 1 aliphatic heterocycles. The summed E-state index contributed by atoms with van der Waals surface area (Å²) < 4.78 is 30.7. The van der Waals surface area contributed by atoms with Crippen LogP contribution in [0.25, 0.3) is 0 Å². The van der Waals surface area contributed by atoms with Gasteiger partial charge in [-0.3, -0.25) is 9.10 Å². The Balaban J connectivity index is 1.85. The van der Waals surface area contributed by atoms with Gasteiger partial charge in [0.05, 0.1) is 24.1 Å². The first-order valence-corrected chi connectivity index (χ1v) is 10.5. The third kappa shape index (κ3) is 4.17. The van der Waals surface area contributed by atoms with E-state index in [1.165, 1.54) is 11.4 Å². The highest BCUT2D eigenvalue weighted by atomic mass is 32.2. The lowest BCUT2D eigenvalue weighted by molar-refractivity contribution is 0.0600. The molecular formula is C20H22N2O5S. The number of benzene rings is 2. The van der Waals surface area contributed by atoms with E-state index in [1.54, 1.807) is 42.5 Å². The van der Waals surface area contributed by atoms with Gasteiger partial charge in [-0.25, -0.2) is 13.2 Å². The summed E-state index contributed by atoms with van der Waals surface area (Å²) in [6.07, 6.45) is 1.43. The fourth-order valence-electron chi connectivity index (χ4n) is 3.08. The minimum Gasteiger partial charge on any atom is -0.465 e. The molecule has 1 amide bonds. The third-order valence-electron chi connectivity index (χ3n) is 4.65. The van der Waals surface area contributed by atoms with Crippen molar-refractivity contribution < 1.29 is 22.7 Å².